The lowest BCUT2D eigenvalue weighted by atomic mass is 10.1. The van der Waals surface area contributed by atoms with Gasteiger partial charge in [0, 0.05) is 35.6 Å². The Kier molecular flexibility index (Phi) is 3.39. The number of aromatic amines is 1. The number of β-amino-alcohol motifs (C(OH)–C–C–N with tert-alkyl or cyclic N) is 1. The standard InChI is InChI=1S/C15H16N2O4/c1-21-15(20)13-7-9(18)8-17(13)14(19)11-3-2-4-12-10(11)5-6-16-12/h2-6,9,13,16,18H,7-8H2,1H3. The Labute approximate surface area is 121 Å². The maximum absolute atomic E-state index is 12.7. The number of methoxy groups -OCH3 is 1. The molecule has 2 unspecified atom stereocenters. The van der Waals surface area contributed by atoms with Gasteiger partial charge in [-0.2, -0.15) is 0 Å². The topological polar surface area (TPSA) is 82.6 Å². The van der Waals surface area contributed by atoms with Gasteiger partial charge < -0.3 is 19.7 Å². The fourth-order valence-electron chi connectivity index (χ4n) is 2.82. The van der Waals surface area contributed by atoms with Gasteiger partial charge in [-0.15, -0.1) is 0 Å². The van der Waals surface area contributed by atoms with Gasteiger partial charge in [-0.25, -0.2) is 4.79 Å². The molecule has 0 radical (unpaired) electrons. The first kappa shape index (κ1) is 13.6. The predicted octanol–water partition coefficient (Wildman–Crippen LogP) is 0.916. The Bertz CT molecular complexity index is 694. The summed E-state index contributed by atoms with van der Waals surface area (Å²) in [4.78, 5) is 28.9. The van der Waals surface area contributed by atoms with E-state index in [0.29, 0.717) is 5.56 Å². The smallest absolute Gasteiger partial charge is 0.328 e. The molecule has 1 aliphatic rings. The number of nitrogens with zero attached hydrogens (tertiary/aromatic N) is 1. The van der Waals surface area contributed by atoms with Gasteiger partial charge in [-0.1, -0.05) is 6.07 Å². The third kappa shape index (κ3) is 2.27. The van der Waals surface area contributed by atoms with Crippen LogP contribution in [0.3, 0.4) is 0 Å². The molecule has 1 fully saturated rings. The minimum atomic E-state index is -0.730. The van der Waals surface area contributed by atoms with Crippen LogP contribution in [-0.2, 0) is 9.53 Å². The van der Waals surface area contributed by atoms with Crippen molar-refractivity contribution >= 4 is 22.8 Å². The summed E-state index contributed by atoms with van der Waals surface area (Å²) >= 11 is 0. The van der Waals surface area contributed by atoms with Crippen LogP contribution in [-0.4, -0.2) is 52.7 Å². The molecule has 1 aromatic heterocycles. The molecular formula is C15H16N2O4. The first-order chi connectivity index (χ1) is 10.1. The van der Waals surface area contributed by atoms with Gasteiger partial charge in [0.05, 0.1) is 13.2 Å². The molecule has 0 spiro atoms. The largest absolute Gasteiger partial charge is 0.467 e. The summed E-state index contributed by atoms with van der Waals surface area (Å²) in [7, 11) is 1.28. The predicted molar refractivity (Wildman–Crippen MR) is 75.8 cm³/mol. The first-order valence-electron chi connectivity index (χ1n) is 6.74. The fraction of sp³-hybridized carbons (Fsp3) is 0.333. The Morgan fingerprint density at radius 1 is 1.38 bits per heavy atom. The summed E-state index contributed by atoms with van der Waals surface area (Å²) in [5.74, 6) is -0.770. The molecule has 6 heteroatoms. The number of esters is 1. The fourth-order valence-corrected chi connectivity index (χ4v) is 2.82. The van der Waals surface area contributed by atoms with E-state index in [1.165, 1.54) is 12.0 Å². The van der Waals surface area contributed by atoms with E-state index < -0.39 is 18.1 Å². The second-order valence-electron chi connectivity index (χ2n) is 5.13. The lowest BCUT2D eigenvalue weighted by molar-refractivity contribution is -0.145. The maximum Gasteiger partial charge on any atom is 0.328 e. The lowest BCUT2D eigenvalue weighted by Crippen LogP contribution is -2.41. The van der Waals surface area contributed by atoms with Crippen molar-refractivity contribution in [2.24, 2.45) is 0 Å². The van der Waals surface area contributed by atoms with Crippen LogP contribution in [0.25, 0.3) is 10.9 Å². The molecule has 2 heterocycles. The molecule has 3 rings (SSSR count). The van der Waals surface area contributed by atoms with Gasteiger partial charge in [-0.05, 0) is 18.2 Å². The van der Waals surface area contributed by atoms with E-state index >= 15 is 0 Å². The van der Waals surface area contributed by atoms with Gasteiger partial charge in [0.15, 0.2) is 0 Å². The summed E-state index contributed by atoms with van der Waals surface area (Å²) < 4.78 is 4.72. The van der Waals surface area contributed by atoms with Crippen molar-refractivity contribution < 1.29 is 19.4 Å². The maximum atomic E-state index is 12.7. The van der Waals surface area contributed by atoms with Crippen LogP contribution in [0.15, 0.2) is 30.5 Å². The van der Waals surface area contributed by atoms with E-state index in [0.717, 1.165) is 10.9 Å². The number of rotatable bonds is 2. The third-order valence-electron chi connectivity index (χ3n) is 3.84. The molecule has 0 bridgehead atoms. The van der Waals surface area contributed by atoms with Crippen molar-refractivity contribution in [2.75, 3.05) is 13.7 Å². The molecule has 0 saturated carbocycles. The zero-order valence-electron chi connectivity index (χ0n) is 11.6. The SMILES string of the molecule is COC(=O)C1CC(O)CN1C(=O)c1cccc2[nH]ccc12. The molecule has 1 aromatic carbocycles. The number of nitrogens with one attached hydrogen (secondary N) is 1. The number of aromatic nitrogens is 1. The number of ether oxygens (including phenoxy) is 1. The summed E-state index contributed by atoms with van der Waals surface area (Å²) in [6.07, 6.45) is 1.27. The monoisotopic (exact) mass is 288 g/mol. The number of likely N-dealkylation sites (tertiary alicyclic amines) is 1. The number of amides is 1. The Hall–Kier alpha value is -2.34. The highest BCUT2D eigenvalue weighted by molar-refractivity contribution is 6.07. The Morgan fingerprint density at radius 2 is 2.19 bits per heavy atom. The Balaban J connectivity index is 1.97. The van der Waals surface area contributed by atoms with Gasteiger partial charge in [0.25, 0.3) is 5.91 Å². The number of fused-ring (bicyclic) bond motifs is 1. The molecule has 110 valence electrons. The molecule has 21 heavy (non-hydrogen) atoms. The zero-order valence-corrected chi connectivity index (χ0v) is 11.6. The average molecular weight is 288 g/mol. The summed E-state index contributed by atoms with van der Waals surface area (Å²) in [5.41, 5.74) is 1.37. The molecule has 1 saturated heterocycles. The number of H-pyrrole nitrogens is 1. The minimum Gasteiger partial charge on any atom is -0.467 e. The van der Waals surface area contributed by atoms with E-state index in [9.17, 15) is 14.7 Å². The zero-order chi connectivity index (χ0) is 15.0. The third-order valence-corrected chi connectivity index (χ3v) is 3.84. The molecule has 2 aromatic rings. The number of hydrogen-bond acceptors (Lipinski definition) is 4. The summed E-state index contributed by atoms with van der Waals surface area (Å²) in [5, 5.41) is 10.6. The first-order valence-corrected chi connectivity index (χ1v) is 6.74. The second kappa shape index (κ2) is 5.21. The highest BCUT2D eigenvalue weighted by Gasteiger charge is 2.40. The second-order valence-corrected chi connectivity index (χ2v) is 5.13. The number of carbonyl (C=O) groups is 2. The molecule has 1 aliphatic heterocycles. The molecule has 0 aliphatic carbocycles. The van der Waals surface area contributed by atoms with E-state index in [1.807, 2.05) is 12.1 Å². The van der Waals surface area contributed by atoms with Crippen LogP contribution >= 0.6 is 0 Å². The molecule has 1 amide bonds. The average Bonchev–Trinajstić information content (AvgIpc) is 3.11. The number of aliphatic hydroxyl groups is 1. The van der Waals surface area contributed by atoms with Gasteiger partial charge >= 0.3 is 5.97 Å². The number of hydrogen-bond donors (Lipinski definition) is 2. The minimum absolute atomic E-state index is 0.138. The van der Waals surface area contributed by atoms with Crippen LogP contribution in [0.2, 0.25) is 0 Å². The molecular weight excluding hydrogens is 272 g/mol. The highest BCUT2D eigenvalue weighted by atomic mass is 16.5. The van der Waals surface area contributed by atoms with Crippen LogP contribution in [0.1, 0.15) is 16.8 Å². The van der Waals surface area contributed by atoms with Crippen molar-refractivity contribution in [1.82, 2.24) is 9.88 Å². The van der Waals surface area contributed by atoms with Crippen LogP contribution < -0.4 is 0 Å². The number of aliphatic hydroxyl groups excluding tert-OH is 1. The van der Waals surface area contributed by atoms with Crippen molar-refractivity contribution in [3.63, 3.8) is 0 Å². The van der Waals surface area contributed by atoms with Crippen LogP contribution in [0, 0.1) is 0 Å². The van der Waals surface area contributed by atoms with E-state index in [1.54, 1.807) is 18.3 Å². The molecule has 2 N–H and O–H groups in total. The van der Waals surface area contributed by atoms with Crippen molar-refractivity contribution in [3.8, 4) is 0 Å². The molecule has 6 nitrogen and oxygen atoms in total. The van der Waals surface area contributed by atoms with Gasteiger partial charge in [-0.3, -0.25) is 4.79 Å². The van der Waals surface area contributed by atoms with E-state index in [4.69, 9.17) is 4.74 Å². The van der Waals surface area contributed by atoms with E-state index in [2.05, 4.69) is 4.98 Å². The quantitative estimate of drug-likeness (QED) is 0.805. The van der Waals surface area contributed by atoms with Gasteiger partial charge in [0.1, 0.15) is 6.04 Å². The summed E-state index contributed by atoms with van der Waals surface area (Å²) in [6, 6.07) is 6.47. The number of carbonyl (C=O) groups excluding carboxylic acids is 2. The highest BCUT2D eigenvalue weighted by Crippen LogP contribution is 2.25. The van der Waals surface area contributed by atoms with Crippen molar-refractivity contribution in [3.05, 3.63) is 36.0 Å². The summed E-state index contributed by atoms with van der Waals surface area (Å²) in [6.45, 7) is 0.138. The normalized spacial score (nSPS) is 21.7. The van der Waals surface area contributed by atoms with E-state index in [-0.39, 0.29) is 18.9 Å². The Morgan fingerprint density at radius 3 is 2.95 bits per heavy atom. The van der Waals surface area contributed by atoms with Crippen molar-refractivity contribution in [1.29, 1.82) is 0 Å². The van der Waals surface area contributed by atoms with Crippen LogP contribution in [0.5, 0.6) is 0 Å². The lowest BCUT2D eigenvalue weighted by Gasteiger charge is -2.22. The van der Waals surface area contributed by atoms with Gasteiger partial charge in [0.2, 0.25) is 0 Å². The number of benzene rings is 1. The van der Waals surface area contributed by atoms with Crippen LogP contribution in [0.4, 0.5) is 0 Å². The molecule has 2 atom stereocenters. The van der Waals surface area contributed by atoms with Crippen molar-refractivity contribution in [2.45, 2.75) is 18.6 Å².